The average Bonchev–Trinajstić information content (AvgIpc) is 3.56. The highest BCUT2D eigenvalue weighted by Gasteiger charge is 2.46. The van der Waals surface area contributed by atoms with E-state index in [2.05, 4.69) is 15.6 Å². The minimum Gasteiger partial charge on any atom is -0.398 e. The van der Waals surface area contributed by atoms with Gasteiger partial charge in [0.05, 0.1) is 18.3 Å². The van der Waals surface area contributed by atoms with Crippen LogP contribution in [0.3, 0.4) is 0 Å². The van der Waals surface area contributed by atoms with E-state index >= 15 is 0 Å². The number of hydrogen-bond donors (Lipinski definition) is 2. The van der Waals surface area contributed by atoms with Crippen LogP contribution < -0.4 is 20.9 Å². The molecule has 204 valence electrons. The minimum atomic E-state index is -0.863. The number of thiazole rings is 1. The van der Waals surface area contributed by atoms with Crippen molar-refractivity contribution in [1.29, 1.82) is 0 Å². The molecule has 0 spiro atoms. The molecule has 3 amide bonds. The number of nitrogens with zero attached hydrogens (tertiary/aromatic N) is 5. The molecule has 2 aromatic rings. The van der Waals surface area contributed by atoms with Gasteiger partial charge < -0.3 is 15.4 Å². The molecule has 2 aromatic heterocycles. The second-order valence-corrected chi connectivity index (χ2v) is 11.6. The molecule has 0 aliphatic carbocycles. The first-order valence-corrected chi connectivity index (χ1v) is 14.7. The summed E-state index contributed by atoms with van der Waals surface area (Å²) in [6, 6.07) is 3.79. The number of pyridine rings is 1. The topological polar surface area (TPSA) is 160 Å². The third-order valence-corrected chi connectivity index (χ3v) is 9.10. The van der Waals surface area contributed by atoms with E-state index in [-0.39, 0.29) is 39.4 Å². The number of hydrogen-bond acceptors (Lipinski definition) is 12. The fourth-order valence-electron chi connectivity index (χ4n) is 4.17. The lowest BCUT2D eigenvalue weighted by atomic mass is 10.1. The van der Waals surface area contributed by atoms with Crippen LogP contribution in [0.4, 0.5) is 5.13 Å². The Morgan fingerprint density at radius 3 is 2.74 bits per heavy atom. The number of hydroxylamine groups is 1. The molecular weight excluding hydrogens is 566 g/mol. The number of carbonyl (C=O) groups is 4. The lowest BCUT2D eigenvalue weighted by Gasteiger charge is -2.44. The van der Waals surface area contributed by atoms with E-state index in [0.29, 0.717) is 36.5 Å². The van der Waals surface area contributed by atoms with Gasteiger partial charge >= 0.3 is 11.9 Å². The molecule has 0 radical (unpaired) electrons. The summed E-state index contributed by atoms with van der Waals surface area (Å²) in [6.07, 6.45) is 5.36. The lowest BCUT2D eigenvalue weighted by Crippen LogP contribution is -2.57. The van der Waals surface area contributed by atoms with Gasteiger partial charge in [-0.3, -0.25) is 19.3 Å². The fraction of sp³-hybridized carbons (Fsp3) is 0.348. The summed E-state index contributed by atoms with van der Waals surface area (Å²) < 4.78 is 1.77. The van der Waals surface area contributed by atoms with Crippen LogP contribution in [0.1, 0.15) is 25.0 Å². The second-order valence-electron chi connectivity index (χ2n) is 8.52. The van der Waals surface area contributed by atoms with Crippen molar-refractivity contribution >= 4 is 69.4 Å². The molecule has 0 saturated carbocycles. The van der Waals surface area contributed by atoms with Crippen LogP contribution in [-0.2, 0) is 28.9 Å². The molecule has 5 rings (SSSR count). The summed E-state index contributed by atoms with van der Waals surface area (Å²) >= 11 is 4.17. The number of β-lactam (4-membered cyclic amide) rings is 1. The number of anilines is 1. The van der Waals surface area contributed by atoms with Crippen molar-refractivity contribution in [3.63, 3.8) is 0 Å². The van der Waals surface area contributed by atoms with Gasteiger partial charge in [0, 0.05) is 40.3 Å². The molecule has 2 saturated heterocycles. The zero-order chi connectivity index (χ0) is 27.5. The van der Waals surface area contributed by atoms with E-state index in [9.17, 15) is 19.2 Å². The van der Waals surface area contributed by atoms with Crippen molar-refractivity contribution in [3.05, 3.63) is 46.9 Å². The SMILES string of the molecule is CO/N=C(\C(=O)NOC(=O)C1=C(CSc2cc[n+](N3CCCC3=O)cc2)CS[C@H]2CC(=O)N12)c1csc(N)n1. The van der Waals surface area contributed by atoms with Gasteiger partial charge in [-0.1, -0.05) is 9.83 Å². The number of oxime groups is 1. The number of nitrogen functional groups attached to an aromatic ring is 1. The average molecular weight is 591 g/mol. The van der Waals surface area contributed by atoms with E-state index in [1.54, 1.807) is 21.4 Å². The predicted octanol–water partition coefficient (Wildman–Crippen LogP) is 0.548. The van der Waals surface area contributed by atoms with Crippen LogP contribution in [0.5, 0.6) is 0 Å². The Kier molecular flexibility index (Phi) is 8.04. The van der Waals surface area contributed by atoms with Crippen LogP contribution in [0.25, 0.3) is 0 Å². The highest BCUT2D eigenvalue weighted by atomic mass is 32.2. The maximum absolute atomic E-state index is 13.2. The molecule has 1 atom stereocenters. The zero-order valence-corrected chi connectivity index (χ0v) is 23.1. The summed E-state index contributed by atoms with van der Waals surface area (Å²) in [5, 5.41) is 6.94. The van der Waals surface area contributed by atoms with Gasteiger partial charge in [-0.2, -0.15) is 5.48 Å². The van der Waals surface area contributed by atoms with Gasteiger partial charge in [-0.25, -0.2) is 9.78 Å². The smallest absolute Gasteiger partial charge is 0.379 e. The van der Waals surface area contributed by atoms with E-state index < -0.39 is 11.9 Å². The molecule has 39 heavy (non-hydrogen) atoms. The van der Waals surface area contributed by atoms with Gasteiger partial charge in [-0.15, -0.1) is 39.9 Å². The highest BCUT2D eigenvalue weighted by Crippen LogP contribution is 2.41. The molecule has 0 unspecified atom stereocenters. The lowest BCUT2D eigenvalue weighted by molar-refractivity contribution is -0.682. The quantitative estimate of drug-likeness (QED) is 0.146. The number of nitrogens with two attached hydrogens (primary N) is 1. The van der Waals surface area contributed by atoms with Crippen LogP contribution in [0.15, 0.2) is 51.2 Å². The first-order valence-electron chi connectivity index (χ1n) is 11.8. The van der Waals surface area contributed by atoms with Crippen molar-refractivity contribution < 1.29 is 33.5 Å². The second kappa shape index (κ2) is 11.6. The maximum Gasteiger partial charge on any atom is 0.379 e. The van der Waals surface area contributed by atoms with Crippen LogP contribution >= 0.6 is 34.9 Å². The van der Waals surface area contributed by atoms with Crippen molar-refractivity contribution in [3.8, 4) is 0 Å². The van der Waals surface area contributed by atoms with E-state index in [1.165, 1.54) is 29.2 Å². The van der Waals surface area contributed by atoms with Crippen LogP contribution in [0, 0.1) is 0 Å². The highest BCUT2D eigenvalue weighted by molar-refractivity contribution is 8.01. The predicted molar refractivity (Wildman–Crippen MR) is 144 cm³/mol. The number of aromatic nitrogens is 2. The molecular formula is C23H24N7O6S3+. The van der Waals surface area contributed by atoms with Crippen molar-refractivity contribution in [2.45, 2.75) is 29.5 Å². The summed E-state index contributed by atoms with van der Waals surface area (Å²) in [6.45, 7) is 0.684. The maximum atomic E-state index is 13.2. The standard InChI is InChI=1S/C23H23N7O6S3/c1-35-26-19(15-12-39-23(24)25-15)21(33)27-36-22(34)20-13(11-38-18-9-17(32)30(18)20)10-37-14-4-7-28(8-5-14)29-6-2-3-16(29)31/h4-5,7-8,12,18H,2-3,6,9-11H2,1H3,(H2-,24,25,27,33)/p+1/b26-19-/t18-/m0/s1. The number of carbonyl (C=O) groups excluding carboxylic acids is 4. The van der Waals surface area contributed by atoms with Crippen LogP contribution in [0.2, 0.25) is 0 Å². The summed E-state index contributed by atoms with van der Waals surface area (Å²) in [7, 11) is 1.26. The number of thioether (sulfide) groups is 2. The van der Waals surface area contributed by atoms with Gasteiger partial charge in [0.15, 0.2) is 10.8 Å². The third-order valence-electron chi connectivity index (χ3n) is 6.05. The van der Waals surface area contributed by atoms with Gasteiger partial charge in [-0.05, 0) is 12.0 Å². The first kappa shape index (κ1) is 27.0. The fourth-order valence-corrected chi connectivity index (χ4v) is 7.01. The molecule has 0 aromatic carbocycles. The summed E-state index contributed by atoms with van der Waals surface area (Å²) in [4.78, 5) is 66.4. The molecule has 13 nitrogen and oxygen atoms in total. The molecule has 5 heterocycles. The molecule has 0 bridgehead atoms. The van der Waals surface area contributed by atoms with E-state index in [0.717, 1.165) is 22.7 Å². The first-order chi connectivity index (χ1) is 18.9. The molecule has 16 heteroatoms. The zero-order valence-electron chi connectivity index (χ0n) is 20.7. The Hall–Kier alpha value is -3.63. The number of nitrogens with one attached hydrogen (secondary N) is 1. The van der Waals surface area contributed by atoms with Crippen molar-refractivity contribution in [1.82, 2.24) is 15.4 Å². The third kappa shape index (κ3) is 5.72. The number of amides is 3. The minimum absolute atomic E-state index is 0.0881. The van der Waals surface area contributed by atoms with Gasteiger partial charge in [0.1, 0.15) is 18.5 Å². The Balaban J connectivity index is 1.28. The Labute approximate surface area is 235 Å². The monoisotopic (exact) mass is 590 g/mol. The van der Waals surface area contributed by atoms with E-state index in [4.69, 9.17) is 15.4 Å². The van der Waals surface area contributed by atoms with Crippen molar-refractivity contribution in [2.75, 3.05) is 35.9 Å². The largest absolute Gasteiger partial charge is 0.398 e. The Morgan fingerprint density at radius 2 is 2.10 bits per heavy atom. The van der Waals surface area contributed by atoms with Crippen LogP contribution in [-0.4, -0.2) is 69.8 Å². The van der Waals surface area contributed by atoms with Crippen molar-refractivity contribution in [2.24, 2.45) is 5.16 Å². The summed E-state index contributed by atoms with van der Waals surface area (Å²) in [5.74, 6) is -0.872. The number of rotatable bonds is 8. The Morgan fingerprint density at radius 1 is 1.31 bits per heavy atom. The Bertz CT molecular complexity index is 1380. The molecule has 2 fully saturated rings. The van der Waals surface area contributed by atoms with Gasteiger partial charge in [0.25, 0.3) is 5.91 Å². The summed E-state index contributed by atoms with van der Waals surface area (Å²) in [5.41, 5.74) is 8.49. The van der Waals surface area contributed by atoms with E-state index in [1.807, 2.05) is 24.5 Å². The number of fused-ring (bicyclic) bond motifs is 1. The molecule has 3 aliphatic rings. The molecule has 3 aliphatic heterocycles. The molecule has 3 N–H and O–H groups in total. The normalized spacial score (nSPS) is 19.1. The van der Waals surface area contributed by atoms with Gasteiger partial charge in [0.2, 0.25) is 18.3 Å².